The minimum absolute atomic E-state index is 0.0589. The normalized spacial score (nSPS) is 11.2. The summed E-state index contributed by atoms with van der Waals surface area (Å²) in [5.41, 5.74) is 0.252. The fourth-order valence-corrected chi connectivity index (χ4v) is 3.13. The van der Waals surface area contributed by atoms with Crippen molar-refractivity contribution in [3.05, 3.63) is 53.1 Å². The lowest BCUT2D eigenvalue weighted by atomic mass is 10.2. The molecule has 1 N–H and O–H groups in total. The molecule has 0 saturated heterocycles. The molecule has 0 bridgehead atoms. The van der Waals surface area contributed by atoms with Crippen LogP contribution in [-0.2, 0) is 14.8 Å². The van der Waals surface area contributed by atoms with E-state index in [1.54, 1.807) is 0 Å². The summed E-state index contributed by atoms with van der Waals surface area (Å²) in [5.74, 6) is -0.875. The first-order valence-corrected chi connectivity index (χ1v) is 8.54. The number of nitrogens with one attached hydrogen (secondary N) is 1. The zero-order valence-corrected chi connectivity index (χ0v) is 14.3. The van der Waals surface area contributed by atoms with Gasteiger partial charge in [-0.25, -0.2) is 13.2 Å². The van der Waals surface area contributed by atoms with Crippen molar-refractivity contribution in [3.8, 4) is 5.75 Å². The monoisotopic (exact) mass is 391 g/mol. The molecular formula is C15H12ClF2NO5S. The lowest BCUT2D eigenvalue weighted by Gasteiger charge is -2.11. The molecule has 0 aliphatic rings. The second-order valence-electron chi connectivity index (χ2n) is 4.65. The lowest BCUT2D eigenvalue weighted by Crippen LogP contribution is -2.13. The van der Waals surface area contributed by atoms with Gasteiger partial charge in [-0.1, -0.05) is 11.6 Å². The van der Waals surface area contributed by atoms with E-state index in [1.807, 2.05) is 0 Å². The maximum Gasteiger partial charge on any atom is 0.387 e. The molecule has 10 heteroatoms. The third kappa shape index (κ3) is 4.80. The zero-order chi connectivity index (χ0) is 18.6. The number of sulfonamides is 1. The molecule has 134 valence electrons. The van der Waals surface area contributed by atoms with Crippen LogP contribution in [0.4, 0.5) is 14.5 Å². The van der Waals surface area contributed by atoms with Crippen molar-refractivity contribution >= 4 is 33.3 Å². The Morgan fingerprint density at radius 2 is 1.80 bits per heavy atom. The van der Waals surface area contributed by atoms with Crippen molar-refractivity contribution in [2.45, 2.75) is 11.5 Å². The number of hydrogen-bond acceptors (Lipinski definition) is 5. The summed E-state index contributed by atoms with van der Waals surface area (Å²) in [6.45, 7) is -3.05. The van der Waals surface area contributed by atoms with Gasteiger partial charge in [0, 0.05) is 0 Å². The maximum atomic E-state index is 12.3. The highest BCUT2D eigenvalue weighted by molar-refractivity contribution is 7.92. The molecule has 2 aromatic carbocycles. The summed E-state index contributed by atoms with van der Waals surface area (Å²) >= 11 is 5.78. The van der Waals surface area contributed by atoms with E-state index in [0.717, 1.165) is 12.1 Å². The molecule has 25 heavy (non-hydrogen) atoms. The van der Waals surface area contributed by atoms with Crippen LogP contribution in [0.5, 0.6) is 5.75 Å². The molecule has 0 saturated carbocycles. The molecule has 0 heterocycles. The van der Waals surface area contributed by atoms with Gasteiger partial charge in [-0.05, 0) is 42.5 Å². The Morgan fingerprint density at radius 1 is 1.16 bits per heavy atom. The molecular weight excluding hydrogens is 380 g/mol. The molecule has 0 unspecified atom stereocenters. The van der Waals surface area contributed by atoms with E-state index in [0.29, 0.717) is 0 Å². The fourth-order valence-electron chi connectivity index (χ4n) is 1.86. The highest BCUT2D eigenvalue weighted by Crippen LogP contribution is 2.30. The Bertz CT molecular complexity index is 872. The summed E-state index contributed by atoms with van der Waals surface area (Å²) < 4.78 is 59.9. The van der Waals surface area contributed by atoms with Crippen LogP contribution in [-0.4, -0.2) is 28.1 Å². The Hall–Kier alpha value is -2.39. The van der Waals surface area contributed by atoms with Crippen molar-refractivity contribution in [1.29, 1.82) is 0 Å². The number of anilines is 1. The van der Waals surface area contributed by atoms with Gasteiger partial charge in [0.15, 0.2) is 0 Å². The molecule has 0 radical (unpaired) electrons. The fraction of sp³-hybridized carbons (Fsp3) is 0.133. The SMILES string of the molecule is COC(=O)c1ccc(S(=O)(=O)Nc2ccc(OC(F)F)c(Cl)c2)cc1. The third-order valence-electron chi connectivity index (χ3n) is 2.99. The first kappa shape index (κ1) is 18.9. The number of carbonyl (C=O) groups excluding carboxylic acids is 1. The zero-order valence-electron chi connectivity index (χ0n) is 12.7. The second kappa shape index (κ2) is 7.66. The maximum absolute atomic E-state index is 12.3. The van der Waals surface area contributed by atoms with E-state index in [4.69, 9.17) is 11.6 Å². The van der Waals surface area contributed by atoms with Crippen molar-refractivity contribution < 1.29 is 31.5 Å². The molecule has 0 aliphatic carbocycles. The highest BCUT2D eigenvalue weighted by Gasteiger charge is 2.17. The number of hydrogen-bond donors (Lipinski definition) is 1. The quantitative estimate of drug-likeness (QED) is 0.762. The van der Waals surface area contributed by atoms with E-state index < -0.39 is 22.6 Å². The van der Waals surface area contributed by atoms with Crippen molar-refractivity contribution in [3.63, 3.8) is 0 Å². The first-order valence-electron chi connectivity index (χ1n) is 6.68. The lowest BCUT2D eigenvalue weighted by molar-refractivity contribution is -0.0497. The van der Waals surface area contributed by atoms with Gasteiger partial charge in [-0.3, -0.25) is 4.72 Å². The molecule has 0 aliphatic heterocycles. The van der Waals surface area contributed by atoms with Gasteiger partial charge >= 0.3 is 12.6 Å². The van der Waals surface area contributed by atoms with Crippen LogP contribution in [0.15, 0.2) is 47.4 Å². The number of ether oxygens (including phenoxy) is 2. The molecule has 6 nitrogen and oxygen atoms in total. The van der Waals surface area contributed by atoms with Gasteiger partial charge in [0.2, 0.25) is 0 Å². The number of rotatable bonds is 6. The summed E-state index contributed by atoms with van der Waals surface area (Å²) in [7, 11) is -2.76. The van der Waals surface area contributed by atoms with Crippen molar-refractivity contribution in [2.24, 2.45) is 0 Å². The molecule has 0 aromatic heterocycles. The summed E-state index contributed by atoms with van der Waals surface area (Å²) in [4.78, 5) is 11.2. The van der Waals surface area contributed by atoms with Gasteiger partial charge < -0.3 is 9.47 Å². The molecule has 0 fully saturated rings. The topological polar surface area (TPSA) is 81.7 Å². The first-order chi connectivity index (χ1) is 11.7. The van der Waals surface area contributed by atoms with Gasteiger partial charge in [-0.15, -0.1) is 0 Å². The molecule has 2 aromatic rings. The number of esters is 1. The number of halogens is 3. The average molecular weight is 392 g/mol. The second-order valence-corrected chi connectivity index (χ2v) is 6.73. The predicted octanol–water partition coefficient (Wildman–Crippen LogP) is 3.53. The minimum atomic E-state index is -3.96. The standard InChI is InChI=1S/C15H12ClF2NO5S/c1-23-14(20)9-2-5-11(6-3-9)25(21,22)19-10-4-7-13(12(16)8-10)24-15(17)18/h2-8,15,19H,1H3. The van der Waals surface area contributed by atoms with Gasteiger partial charge in [-0.2, -0.15) is 8.78 Å². The van der Waals surface area contributed by atoms with E-state index in [1.165, 1.54) is 37.4 Å². The predicted molar refractivity (Wildman–Crippen MR) is 86.7 cm³/mol. The highest BCUT2D eigenvalue weighted by atomic mass is 35.5. The molecule has 2 rings (SSSR count). The van der Waals surface area contributed by atoms with Crippen LogP contribution in [0.3, 0.4) is 0 Å². The molecule has 0 atom stereocenters. The van der Waals surface area contributed by atoms with E-state index >= 15 is 0 Å². The Balaban J connectivity index is 2.21. The van der Waals surface area contributed by atoms with Crippen LogP contribution in [0, 0.1) is 0 Å². The van der Waals surface area contributed by atoms with Crippen molar-refractivity contribution in [1.82, 2.24) is 0 Å². The largest absolute Gasteiger partial charge is 0.465 e. The van der Waals surface area contributed by atoms with Crippen LogP contribution >= 0.6 is 11.6 Å². The van der Waals surface area contributed by atoms with Crippen LogP contribution in [0.1, 0.15) is 10.4 Å². The van der Waals surface area contributed by atoms with Crippen LogP contribution in [0.2, 0.25) is 5.02 Å². The van der Waals surface area contributed by atoms with E-state index in [-0.39, 0.29) is 26.9 Å². The summed E-state index contributed by atoms with van der Waals surface area (Å²) in [6.07, 6.45) is 0. The van der Waals surface area contributed by atoms with E-state index in [2.05, 4.69) is 14.2 Å². The number of carbonyl (C=O) groups is 1. The number of methoxy groups -OCH3 is 1. The average Bonchev–Trinajstić information content (AvgIpc) is 2.56. The van der Waals surface area contributed by atoms with E-state index in [9.17, 15) is 22.0 Å². The number of benzene rings is 2. The van der Waals surface area contributed by atoms with Gasteiger partial charge in [0.25, 0.3) is 10.0 Å². The van der Waals surface area contributed by atoms with Crippen molar-refractivity contribution in [2.75, 3.05) is 11.8 Å². The Morgan fingerprint density at radius 3 is 2.32 bits per heavy atom. The Kier molecular flexibility index (Phi) is 5.81. The van der Waals surface area contributed by atoms with Crippen LogP contribution < -0.4 is 9.46 Å². The summed E-state index contributed by atoms with van der Waals surface area (Å²) in [5, 5.41) is -0.179. The molecule has 0 spiro atoms. The number of alkyl halides is 2. The van der Waals surface area contributed by atoms with Gasteiger partial charge in [0.1, 0.15) is 5.75 Å². The third-order valence-corrected chi connectivity index (χ3v) is 4.68. The minimum Gasteiger partial charge on any atom is -0.465 e. The smallest absolute Gasteiger partial charge is 0.387 e. The molecule has 0 amide bonds. The summed E-state index contributed by atoms with van der Waals surface area (Å²) in [6, 6.07) is 8.53. The Labute approximate surface area is 147 Å². The van der Waals surface area contributed by atoms with Crippen LogP contribution in [0.25, 0.3) is 0 Å². The van der Waals surface area contributed by atoms with Gasteiger partial charge in [0.05, 0.1) is 28.3 Å².